The maximum absolute atomic E-state index is 9.04. The van der Waals surface area contributed by atoms with Gasteiger partial charge in [0.05, 0.1) is 13.2 Å². The summed E-state index contributed by atoms with van der Waals surface area (Å²) < 4.78 is 5.25. The van der Waals surface area contributed by atoms with E-state index in [1.54, 1.807) is 6.92 Å². The Morgan fingerprint density at radius 2 is 1.19 bits per heavy atom. The van der Waals surface area contributed by atoms with Crippen LogP contribution in [0.15, 0.2) is 0 Å². The van der Waals surface area contributed by atoms with Crippen molar-refractivity contribution in [3.63, 3.8) is 0 Å². The minimum absolute atomic E-state index is 0.210. The number of aliphatic hydroxyl groups is 3. The zero-order valence-electron chi connectivity index (χ0n) is 14.2. The molecule has 0 bridgehead atoms. The molecule has 1 atom stereocenters. The lowest BCUT2D eigenvalue weighted by molar-refractivity contribution is 0.00526. The van der Waals surface area contributed by atoms with E-state index >= 15 is 0 Å². The molecule has 0 amide bonds. The topological polar surface area (TPSA) is 69.9 Å². The third-order valence-electron chi connectivity index (χ3n) is 3.16. The number of aliphatic hydroxyl groups excluding tert-OH is 3. The Morgan fingerprint density at radius 3 is 1.62 bits per heavy atom. The van der Waals surface area contributed by atoms with Gasteiger partial charge in [-0.05, 0) is 13.3 Å². The van der Waals surface area contributed by atoms with Gasteiger partial charge in [-0.1, -0.05) is 64.7 Å². The summed E-state index contributed by atoms with van der Waals surface area (Å²) in [6.45, 7) is 4.93. The highest BCUT2D eigenvalue weighted by Gasteiger charge is 2.00. The van der Waals surface area contributed by atoms with Gasteiger partial charge in [-0.15, -0.1) is 0 Å². The summed E-state index contributed by atoms with van der Waals surface area (Å²) in [7, 11) is 0. The second kappa shape index (κ2) is 22.1. The lowest BCUT2D eigenvalue weighted by Gasteiger charge is -2.07. The Hall–Kier alpha value is -0.160. The predicted octanol–water partition coefficient (Wildman–Crippen LogP) is 3.28. The van der Waals surface area contributed by atoms with Crippen molar-refractivity contribution in [3.8, 4) is 0 Å². The summed E-state index contributed by atoms with van der Waals surface area (Å²) in [5.41, 5.74) is 0. The van der Waals surface area contributed by atoms with Crippen molar-refractivity contribution < 1.29 is 20.1 Å². The van der Waals surface area contributed by atoms with Gasteiger partial charge in [0.1, 0.15) is 6.10 Å². The fourth-order valence-electron chi connectivity index (χ4n) is 1.96. The zero-order valence-corrected chi connectivity index (χ0v) is 14.2. The highest BCUT2D eigenvalue weighted by atomic mass is 16.5. The van der Waals surface area contributed by atoms with Gasteiger partial charge in [0.25, 0.3) is 0 Å². The van der Waals surface area contributed by atoms with Gasteiger partial charge in [0, 0.05) is 13.2 Å². The lowest BCUT2D eigenvalue weighted by atomic mass is 10.1. The molecule has 0 aliphatic carbocycles. The van der Waals surface area contributed by atoms with E-state index in [0.29, 0.717) is 6.61 Å². The van der Waals surface area contributed by atoms with Crippen LogP contribution in [0.5, 0.6) is 0 Å². The van der Waals surface area contributed by atoms with Crippen molar-refractivity contribution in [2.24, 2.45) is 0 Å². The van der Waals surface area contributed by atoms with Gasteiger partial charge in [-0.2, -0.15) is 0 Å². The average molecular weight is 306 g/mol. The molecule has 0 heterocycles. The van der Waals surface area contributed by atoms with E-state index in [2.05, 4.69) is 6.92 Å². The fourth-order valence-corrected chi connectivity index (χ4v) is 1.96. The maximum Gasteiger partial charge on any atom is 0.100 e. The highest BCUT2D eigenvalue weighted by Crippen LogP contribution is 2.10. The number of unbranched alkanes of at least 4 members (excludes halogenated alkanes) is 9. The van der Waals surface area contributed by atoms with Gasteiger partial charge >= 0.3 is 0 Å². The Balaban J connectivity index is 0. The van der Waals surface area contributed by atoms with E-state index < -0.39 is 6.10 Å². The van der Waals surface area contributed by atoms with Crippen molar-refractivity contribution in [2.75, 3.05) is 26.4 Å². The molecule has 0 aliphatic rings. The molecule has 0 rings (SSSR count). The first-order valence-corrected chi connectivity index (χ1v) is 8.70. The van der Waals surface area contributed by atoms with Gasteiger partial charge < -0.3 is 20.1 Å². The van der Waals surface area contributed by atoms with Gasteiger partial charge in [0.2, 0.25) is 0 Å². The second-order valence-electron chi connectivity index (χ2n) is 5.41. The van der Waals surface area contributed by atoms with Crippen LogP contribution in [0.4, 0.5) is 0 Å². The Bertz CT molecular complexity index is 165. The smallest absolute Gasteiger partial charge is 0.100 e. The third-order valence-corrected chi connectivity index (χ3v) is 3.16. The van der Waals surface area contributed by atoms with Crippen molar-refractivity contribution in [2.45, 2.75) is 84.2 Å². The minimum Gasteiger partial charge on any atom is -0.397 e. The Labute approximate surface area is 131 Å². The summed E-state index contributed by atoms with van der Waals surface area (Å²) in [6, 6.07) is 0. The van der Waals surface area contributed by atoms with Crippen LogP contribution in [0.1, 0.15) is 78.1 Å². The van der Waals surface area contributed by atoms with E-state index in [0.717, 1.165) is 6.42 Å². The Morgan fingerprint density at radius 1 is 0.762 bits per heavy atom. The highest BCUT2D eigenvalue weighted by molar-refractivity contribution is 4.50. The van der Waals surface area contributed by atoms with Gasteiger partial charge in [-0.3, -0.25) is 0 Å². The molecule has 3 N–H and O–H groups in total. The van der Waals surface area contributed by atoms with Crippen molar-refractivity contribution in [1.82, 2.24) is 0 Å². The first-order valence-electron chi connectivity index (χ1n) is 8.70. The summed E-state index contributed by atoms with van der Waals surface area (Å²) in [4.78, 5) is 0. The summed E-state index contributed by atoms with van der Waals surface area (Å²) in [5, 5.41) is 25.2. The second-order valence-corrected chi connectivity index (χ2v) is 5.41. The third kappa shape index (κ3) is 25.2. The van der Waals surface area contributed by atoms with E-state index in [1.807, 2.05) is 0 Å². The molecule has 4 nitrogen and oxygen atoms in total. The molecule has 0 saturated carbocycles. The molecule has 0 aromatic rings. The van der Waals surface area contributed by atoms with E-state index in [4.69, 9.17) is 20.1 Å². The molecule has 1 unspecified atom stereocenters. The van der Waals surface area contributed by atoms with Crippen molar-refractivity contribution in [1.29, 1.82) is 0 Å². The first-order chi connectivity index (χ1) is 10.2. The summed E-state index contributed by atoms with van der Waals surface area (Å²) in [6.07, 6.45) is 12.5. The predicted molar refractivity (Wildman–Crippen MR) is 88.5 cm³/mol. The normalized spacial score (nSPS) is 11.9. The number of rotatable bonds is 14. The molecular weight excluding hydrogens is 268 g/mol. The van der Waals surface area contributed by atoms with Gasteiger partial charge in [0.15, 0.2) is 0 Å². The molecular formula is C17H38O4. The molecule has 0 spiro atoms. The molecule has 21 heavy (non-hydrogen) atoms. The molecule has 0 aromatic heterocycles. The van der Waals surface area contributed by atoms with Crippen LogP contribution in [0.3, 0.4) is 0 Å². The molecule has 0 aliphatic heterocycles. The van der Waals surface area contributed by atoms with Crippen molar-refractivity contribution >= 4 is 0 Å². The molecule has 0 saturated heterocycles. The number of hydrogen-bond acceptors (Lipinski definition) is 4. The molecule has 4 heteroatoms. The van der Waals surface area contributed by atoms with E-state index in [1.165, 1.54) is 57.8 Å². The zero-order chi connectivity index (χ0) is 16.2. The van der Waals surface area contributed by atoms with Crippen LogP contribution in [0.25, 0.3) is 0 Å². The van der Waals surface area contributed by atoms with Crippen LogP contribution in [0, 0.1) is 0 Å². The SMILES string of the molecule is CCCCCCCCCCCCOCC(O)CO.CCO. The Kier molecular flexibility index (Phi) is 24.4. The lowest BCUT2D eigenvalue weighted by Crippen LogP contribution is -2.19. The summed E-state index contributed by atoms with van der Waals surface area (Å²) in [5.74, 6) is 0. The maximum atomic E-state index is 9.04. The monoisotopic (exact) mass is 306 g/mol. The van der Waals surface area contributed by atoms with Crippen LogP contribution in [0.2, 0.25) is 0 Å². The van der Waals surface area contributed by atoms with Crippen molar-refractivity contribution in [3.05, 3.63) is 0 Å². The quantitative estimate of drug-likeness (QED) is 0.431. The van der Waals surface area contributed by atoms with E-state index in [-0.39, 0.29) is 19.8 Å². The standard InChI is InChI=1S/C15H32O3.C2H6O/c1-2-3-4-5-6-7-8-9-10-11-12-18-14-15(17)13-16;1-2-3/h15-17H,2-14H2,1H3;3H,2H2,1H3. The summed E-state index contributed by atoms with van der Waals surface area (Å²) >= 11 is 0. The van der Waals surface area contributed by atoms with Crippen LogP contribution in [-0.4, -0.2) is 47.9 Å². The minimum atomic E-state index is -0.715. The van der Waals surface area contributed by atoms with E-state index in [9.17, 15) is 0 Å². The first kappa shape index (κ1) is 23.1. The number of ether oxygens (including phenoxy) is 1. The molecule has 130 valence electrons. The van der Waals surface area contributed by atoms with Crippen LogP contribution in [-0.2, 0) is 4.74 Å². The van der Waals surface area contributed by atoms with Crippen LogP contribution < -0.4 is 0 Å². The number of hydrogen-bond donors (Lipinski definition) is 3. The fraction of sp³-hybridized carbons (Fsp3) is 1.00. The average Bonchev–Trinajstić information content (AvgIpc) is 2.49. The van der Waals surface area contributed by atoms with Crippen LogP contribution >= 0.6 is 0 Å². The van der Waals surface area contributed by atoms with Gasteiger partial charge in [-0.25, -0.2) is 0 Å². The largest absolute Gasteiger partial charge is 0.397 e. The molecule has 0 aromatic carbocycles. The molecule has 0 radical (unpaired) electrons. The molecule has 0 fully saturated rings.